The van der Waals surface area contributed by atoms with Gasteiger partial charge in [-0.15, -0.1) is 11.8 Å². The topological polar surface area (TPSA) is 74.8 Å². The minimum Gasteiger partial charge on any atom is -0.340 e. The lowest BCUT2D eigenvalue weighted by Gasteiger charge is -2.24. The summed E-state index contributed by atoms with van der Waals surface area (Å²) in [7, 11) is 0. The van der Waals surface area contributed by atoms with Crippen LogP contribution >= 0.6 is 11.8 Å². The van der Waals surface area contributed by atoms with Crippen molar-refractivity contribution in [2.24, 2.45) is 0 Å². The predicted octanol–water partition coefficient (Wildman–Crippen LogP) is 5.03. The molecule has 1 saturated heterocycles. The van der Waals surface area contributed by atoms with E-state index in [1.165, 1.54) is 0 Å². The number of thioether (sulfide) groups is 1. The molecule has 5 rings (SSSR count). The van der Waals surface area contributed by atoms with Crippen LogP contribution in [-0.2, 0) is 0 Å². The van der Waals surface area contributed by atoms with Gasteiger partial charge in [-0.25, -0.2) is 15.0 Å². The highest BCUT2D eigenvalue weighted by Gasteiger charge is 2.34. The monoisotopic (exact) mass is 429 g/mol. The molecule has 1 fully saturated rings. The smallest absolute Gasteiger partial charge is 0.258 e. The number of amides is 1. The van der Waals surface area contributed by atoms with E-state index in [1.807, 2.05) is 54.3 Å². The van der Waals surface area contributed by atoms with Crippen LogP contribution in [0.2, 0.25) is 0 Å². The van der Waals surface area contributed by atoms with Crippen LogP contribution in [-0.4, -0.2) is 43.5 Å². The number of nitrogens with zero attached hydrogens (tertiary/aromatic N) is 4. The van der Waals surface area contributed by atoms with Crippen LogP contribution in [0, 0.1) is 6.92 Å². The second-order valence-corrected chi connectivity index (χ2v) is 8.53. The molecule has 1 atom stereocenters. The van der Waals surface area contributed by atoms with Crippen molar-refractivity contribution in [3.63, 3.8) is 0 Å². The number of aromatic amines is 1. The van der Waals surface area contributed by atoms with E-state index >= 15 is 0 Å². The molecular formula is C24H23N5OS. The first-order valence-electron chi connectivity index (χ1n) is 10.4. The van der Waals surface area contributed by atoms with Gasteiger partial charge in [-0.3, -0.25) is 4.79 Å². The lowest BCUT2D eigenvalue weighted by atomic mass is 10.1. The fourth-order valence-electron chi connectivity index (χ4n) is 4.24. The largest absolute Gasteiger partial charge is 0.340 e. The molecule has 2 aromatic heterocycles. The number of rotatable bonds is 4. The molecule has 7 heteroatoms. The van der Waals surface area contributed by atoms with Gasteiger partial charge >= 0.3 is 0 Å². The summed E-state index contributed by atoms with van der Waals surface area (Å²) in [5.41, 5.74) is 4.10. The number of hydrogen-bond donors (Lipinski definition) is 1. The second kappa shape index (κ2) is 8.15. The Balaban J connectivity index is 1.53. The zero-order valence-corrected chi connectivity index (χ0v) is 18.3. The van der Waals surface area contributed by atoms with E-state index in [2.05, 4.69) is 27.3 Å². The van der Waals surface area contributed by atoms with Crippen molar-refractivity contribution in [2.75, 3.05) is 12.8 Å². The minimum atomic E-state index is -0.0838. The van der Waals surface area contributed by atoms with Gasteiger partial charge in [0.1, 0.15) is 17.2 Å². The Bertz CT molecular complexity index is 1250. The molecule has 1 amide bonds. The standard InChI is InChI=1S/C24H23N5OS/c1-15-25-14-17(21(26-15)16-8-4-3-5-9-16)24(30)29-13-7-11-19(29)23-27-18-10-6-12-20(31-2)22(18)28-23/h3-6,8-10,12,14,19H,7,11,13H2,1-2H3,(H,27,28)/t19-/m0/s1. The van der Waals surface area contributed by atoms with Crippen LogP contribution in [0.4, 0.5) is 0 Å². The number of carbonyl (C=O) groups excluding carboxylic acids is 1. The molecule has 31 heavy (non-hydrogen) atoms. The van der Waals surface area contributed by atoms with Gasteiger partial charge in [0, 0.05) is 23.2 Å². The van der Waals surface area contributed by atoms with Gasteiger partial charge in [0.25, 0.3) is 5.91 Å². The molecule has 4 aromatic rings. The van der Waals surface area contributed by atoms with Gasteiger partial charge in [-0.2, -0.15) is 0 Å². The highest BCUT2D eigenvalue weighted by Crippen LogP contribution is 2.35. The van der Waals surface area contributed by atoms with Gasteiger partial charge in [-0.1, -0.05) is 36.4 Å². The van der Waals surface area contributed by atoms with E-state index in [4.69, 9.17) is 4.98 Å². The molecule has 1 aliphatic rings. The van der Waals surface area contributed by atoms with Gasteiger partial charge < -0.3 is 9.88 Å². The number of para-hydroxylation sites is 1. The van der Waals surface area contributed by atoms with Crippen molar-refractivity contribution in [3.8, 4) is 11.3 Å². The van der Waals surface area contributed by atoms with Gasteiger partial charge in [0.05, 0.1) is 22.8 Å². The third-order valence-corrected chi connectivity index (χ3v) is 6.50. The van der Waals surface area contributed by atoms with Crippen molar-refractivity contribution < 1.29 is 4.79 Å². The zero-order chi connectivity index (χ0) is 21.4. The fraction of sp³-hybridized carbons (Fsp3) is 0.250. The molecule has 6 nitrogen and oxygen atoms in total. The summed E-state index contributed by atoms with van der Waals surface area (Å²) in [5.74, 6) is 1.44. The maximum Gasteiger partial charge on any atom is 0.258 e. The molecule has 1 N–H and O–H groups in total. The number of likely N-dealkylation sites (tertiary alicyclic amines) is 1. The van der Waals surface area contributed by atoms with Crippen LogP contribution in [0.3, 0.4) is 0 Å². The average molecular weight is 430 g/mol. The number of hydrogen-bond acceptors (Lipinski definition) is 5. The highest BCUT2D eigenvalue weighted by atomic mass is 32.2. The van der Waals surface area contributed by atoms with Gasteiger partial charge in [0.2, 0.25) is 0 Å². The van der Waals surface area contributed by atoms with Gasteiger partial charge in [-0.05, 0) is 38.2 Å². The van der Waals surface area contributed by atoms with E-state index in [0.29, 0.717) is 23.6 Å². The van der Waals surface area contributed by atoms with Crippen LogP contribution in [0.1, 0.15) is 40.9 Å². The summed E-state index contributed by atoms with van der Waals surface area (Å²) >= 11 is 1.68. The van der Waals surface area contributed by atoms with Crippen molar-refractivity contribution >= 4 is 28.7 Å². The second-order valence-electron chi connectivity index (χ2n) is 7.68. The van der Waals surface area contributed by atoms with E-state index < -0.39 is 0 Å². The SMILES string of the molecule is CSc1cccc2[nH]c([C@@H]3CCCN3C(=O)c3cnc(C)nc3-c3ccccc3)nc12. The Labute approximate surface area is 185 Å². The molecule has 0 saturated carbocycles. The molecule has 0 unspecified atom stereocenters. The quantitative estimate of drug-likeness (QED) is 0.461. The van der Waals surface area contributed by atoms with Crippen molar-refractivity contribution in [1.29, 1.82) is 0 Å². The van der Waals surface area contributed by atoms with Gasteiger partial charge in [0.15, 0.2) is 0 Å². The summed E-state index contributed by atoms with van der Waals surface area (Å²) in [6.07, 6.45) is 5.54. The van der Waals surface area contributed by atoms with E-state index in [1.54, 1.807) is 18.0 Å². The summed E-state index contributed by atoms with van der Waals surface area (Å²) in [6.45, 7) is 2.54. The molecule has 0 aliphatic carbocycles. The lowest BCUT2D eigenvalue weighted by Crippen LogP contribution is -2.31. The molecule has 0 bridgehead atoms. The molecule has 1 aliphatic heterocycles. The summed E-state index contributed by atoms with van der Waals surface area (Å²) in [5, 5.41) is 0. The van der Waals surface area contributed by atoms with E-state index in [0.717, 1.165) is 40.2 Å². The Morgan fingerprint density at radius 1 is 1.13 bits per heavy atom. The maximum atomic E-state index is 13.7. The number of aromatic nitrogens is 4. The van der Waals surface area contributed by atoms with Crippen molar-refractivity contribution in [3.05, 3.63) is 71.9 Å². The zero-order valence-electron chi connectivity index (χ0n) is 17.5. The average Bonchev–Trinajstić information content (AvgIpc) is 3.46. The number of fused-ring (bicyclic) bond motifs is 1. The van der Waals surface area contributed by atoms with Crippen molar-refractivity contribution in [1.82, 2.24) is 24.8 Å². The summed E-state index contributed by atoms with van der Waals surface area (Å²) < 4.78 is 0. The van der Waals surface area contributed by atoms with E-state index in [-0.39, 0.29) is 11.9 Å². The Morgan fingerprint density at radius 2 is 1.97 bits per heavy atom. The predicted molar refractivity (Wildman–Crippen MR) is 123 cm³/mol. The van der Waals surface area contributed by atoms with Crippen molar-refractivity contribution in [2.45, 2.75) is 30.7 Å². The van der Waals surface area contributed by atoms with Crippen LogP contribution in [0.5, 0.6) is 0 Å². The number of aryl methyl sites for hydroxylation is 1. The van der Waals surface area contributed by atoms with Crippen LogP contribution < -0.4 is 0 Å². The first-order valence-corrected chi connectivity index (χ1v) is 11.6. The van der Waals surface area contributed by atoms with E-state index in [9.17, 15) is 4.79 Å². The third kappa shape index (κ3) is 3.59. The Morgan fingerprint density at radius 3 is 2.77 bits per heavy atom. The molecule has 3 heterocycles. The Hall–Kier alpha value is -3.19. The number of H-pyrrole nitrogens is 1. The molecule has 0 spiro atoms. The summed E-state index contributed by atoms with van der Waals surface area (Å²) in [6, 6.07) is 15.9. The molecule has 0 radical (unpaired) electrons. The van der Waals surface area contributed by atoms with Crippen LogP contribution in [0.25, 0.3) is 22.3 Å². The highest BCUT2D eigenvalue weighted by molar-refractivity contribution is 7.98. The van der Waals surface area contributed by atoms with Crippen LogP contribution in [0.15, 0.2) is 59.6 Å². The number of benzene rings is 2. The fourth-order valence-corrected chi connectivity index (χ4v) is 4.80. The first-order chi connectivity index (χ1) is 15.2. The number of carbonyl (C=O) groups is 1. The lowest BCUT2D eigenvalue weighted by molar-refractivity contribution is 0.0730. The molecular weight excluding hydrogens is 406 g/mol. The normalized spacial score (nSPS) is 16.2. The maximum absolute atomic E-state index is 13.7. The third-order valence-electron chi connectivity index (χ3n) is 5.73. The molecule has 156 valence electrons. The molecule has 2 aromatic carbocycles. The minimum absolute atomic E-state index is 0.0492. The first kappa shape index (κ1) is 19.8. The number of imidazole rings is 1. The summed E-state index contributed by atoms with van der Waals surface area (Å²) in [4.78, 5) is 34.0. The Kier molecular flexibility index (Phi) is 5.19. The number of nitrogens with one attached hydrogen (secondary N) is 1.